The van der Waals surface area contributed by atoms with Gasteiger partial charge >= 0.3 is 5.97 Å². The Labute approximate surface area is 176 Å². The highest BCUT2D eigenvalue weighted by molar-refractivity contribution is 6.37. The Morgan fingerprint density at radius 1 is 1.07 bits per heavy atom. The predicted molar refractivity (Wildman–Crippen MR) is 110 cm³/mol. The Morgan fingerprint density at radius 3 is 2.45 bits per heavy atom. The zero-order valence-electron chi connectivity index (χ0n) is 15.1. The molecule has 2 heterocycles. The molecule has 144 valence electrons. The summed E-state index contributed by atoms with van der Waals surface area (Å²) in [5.41, 5.74) is 1.77. The molecule has 1 aromatic heterocycles. The number of allylic oxidation sites excluding steroid dienone is 1. The third-order valence-corrected chi connectivity index (χ3v) is 5.09. The molecule has 0 radical (unpaired) electrons. The number of rotatable bonds is 3. The number of benzene rings is 2. The molecule has 0 bridgehead atoms. The Hall–Kier alpha value is -3.15. The van der Waals surface area contributed by atoms with Gasteiger partial charge in [-0.3, -0.25) is 9.78 Å². The topological polar surface area (TPSA) is 65.5 Å². The minimum absolute atomic E-state index is 0.0933. The van der Waals surface area contributed by atoms with Crippen LogP contribution in [0.3, 0.4) is 0 Å². The zero-order chi connectivity index (χ0) is 20.5. The van der Waals surface area contributed by atoms with Gasteiger partial charge in [-0.1, -0.05) is 29.3 Å². The van der Waals surface area contributed by atoms with E-state index in [0.717, 1.165) is 0 Å². The van der Waals surface area contributed by atoms with Gasteiger partial charge < -0.3 is 9.47 Å². The van der Waals surface area contributed by atoms with Crippen LogP contribution < -0.4 is 9.47 Å². The van der Waals surface area contributed by atoms with Gasteiger partial charge in [0.1, 0.15) is 11.5 Å². The number of ether oxygens (including phenoxy) is 2. The second-order valence-corrected chi connectivity index (χ2v) is 7.08. The number of aromatic nitrogens is 1. The number of esters is 1. The summed E-state index contributed by atoms with van der Waals surface area (Å²) in [4.78, 5) is 28.9. The van der Waals surface area contributed by atoms with E-state index in [1.807, 2.05) is 0 Å². The number of fused-ring (bicyclic) bond motifs is 1. The molecule has 0 spiro atoms. The van der Waals surface area contributed by atoms with Crippen molar-refractivity contribution >= 4 is 41.0 Å². The summed E-state index contributed by atoms with van der Waals surface area (Å²) < 4.78 is 11.2. The fourth-order valence-corrected chi connectivity index (χ4v) is 3.41. The van der Waals surface area contributed by atoms with Crippen LogP contribution in [0.4, 0.5) is 0 Å². The first-order valence-electron chi connectivity index (χ1n) is 8.60. The normalized spacial score (nSPS) is 13.9. The van der Waals surface area contributed by atoms with E-state index >= 15 is 0 Å². The molecule has 3 aromatic rings. The Balaban J connectivity index is 1.66. The molecule has 29 heavy (non-hydrogen) atoms. The van der Waals surface area contributed by atoms with Gasteiger partial charge in [-0.05, 0) is 49.4 Å². The molecule has 4 rings (SSSR count). The smallest absolute Gasteiger partial charge is 0.343 e. The average molecular weight is 426 g/mol. The van der Waals surface area contributed by atoms with Crippen LogP contribution in [0, 0.1) is 6.92 Å². The molecule has 7 heteroatoms. The SMILES string of the molecule is Cc1c(OC(=O)c2ccncc2)ccc2c1O/C(=C\c1c(Cl)cccc1Cl)C2=O. The number of halogens is 2. The molecule has 1 aliphatic heterocycles. The molecule has 5 nitrogen and oxygen atoms in total. The maximum Gasteiger partial charge on any atom is 0.343 e. The van der Waals surface area contributed by atoms with Crippen molar-refractivity contribution in [1.82, 2.24) is 4.98 Å². The van der Waals surface area contributed by atoms with Gasteiger partial charge in [0.2, 0.25) is 5.78 Å². The van der Waals surface area contributed by atoms with E-state index in [2.05, 4.69) is 4.98 Å². The Bertz CT molecular complexity index is 1150. The summed E-state index contributed by atoms with van der Waals surface area (Å²) in [6.45, 7) is 1.71. The summed E-state index contributed by atoms with van der Waals surface area (Å²) >= 11 is 12.4. The second kappa shape index (κ2) is 7.70. The van der Waals surface area contributed by atoms with Crippen LogP contribution in [0.2, 0.25) is 10.0 Å². The Kier molecular flexibility index (Phi) is 5.09. The van der Waals surface area contributed by atoms with Crippen LogP contribution in [-0.4, -0.2) is 16.7 Å². The van der Waals surface area contributed by atoms with Crippen LogP contribution in [0.1, 0.15) is 31.8 Å². The number of pyridine rings is 1. The van der Waals surface area contributed by atoms with Crippen molar-refractivity contribution in [2.45, 2.75) is 6.92 Å². The first-order valence-corrected chi connectivity index (χ1v) is 9.35. The van der Waals surface area contributed by atoms with Gasteiger partial charge in [0.05, 0.1) is 11.1 Å². The maximum absolute atomic E-state index is 12.7. The van der Waals surface area contributed by atoms with Crippen LogP contribution >= 0.6 is 23.2 Å². The number of ketones is 1. The highest BCUT2D eigenvalue weighted by atomic mass is 35.5. The van der Waals surface area contributed by atoms with Gasteiger partial charge in [0.15, 0.2) is 5.76 Å². The quantitative estimate of drug-likeness (QED) is 0.313. The van der Waals surface area contributed by atoms with Crippen molar-refractivity contribution in [2.24, 2.45) is 0 Å². The highest BCUT2D eigenvalue weighted by Gasteiger charge is 2.31. The molecule has 0 N–H and O–H groups in total. The highest BCUT2D eigenvalue weighted by Crippen LogP contribution is 2.40. The van der Waals surface area contributed by atoms with E-state index in [0.29, 0.717) is 43.8 Å². The number of nitrogens with zero attached hydrogens (tertiary/aromatic N) is 1. The van der Waals surface area contributed by atoms with E-state index in [1.54, 1.807) is 49.4 Å². The van der Waals surface area contributed by atoms with E-state index in [-0.39, 0.29) is 11.5 Å². The van der Waals surface area contributed by atoms with Crippen LogP contribution in [0.5, 0.6) is 11.5 Å². The van der Waals surface area contributed by atoms with E-state index < -0.39 is 5.97 Å². The third kappa shape index (κ3) is 3.62. The summed E-state index contributed by atoms with van der Waals surface area (Å²) in [7, 11) is 0. The molecule has 0 saturated heterocycles. The lowest BCUT2D eigenvalue weighted by Crippen LogP contribution is -2.09. The number of carbonyl (C=O) groups excluding carboxylic acids is 2. The van der Waals surface area contributed by atoms with Gasteiger partial charge in [0, 0.05) is 33.6 Å². The van der Waals surface area contributed by atoms with Gasteiger partial charge in [-0.15, -0.1) is 0 Å². The molecule has 0 atom stereocenters. The molecule has 0 aliphatic carbocycles. The number of hydrogen-bond acceptors (Lipinski definition) is 5. The van der Waals surface area contributed by atoms with Crippen molar-refractivity contribution < 1.29 is 19.1 Å². The van der Waals surface area contributed by atoms with E-state index in [9.17, 15) is 9.59 Å². The molecule has 0 saturated carbocycles. The molecule has 2 aromatic carbocycles. The fourth-order valence-electron chi connectivity index (χ4n) is 2.91. The lowest BCUT2D eigenvalue weighted by molar-refractivity contribution is 0.0733. The maximum atomic E-state index is 12.7. The summed E-state index contributed by atoms with van der Waals surface area (Å²) in [6.07, 6.45) is 4.52. The fraction of sp³-hybridized carbons (Fsp3) is 0.0455. The van der Waals surface area contributed by atoms with Gasteiger partial charge in [-0.25, -0.2) is 4.79 Å². The number of hydrogen-bond donors (Lipinski definition) is 0. The number of Topliss-reactive ketones (excluding diaryl/α,β-unsaturated/α-hetero) is 1. The minimum Gasteiger partial charge on any atom is -0.452 e. The zero-order valence-corrected chi connectivity index (χ0v) is 16.6. The average Bonchev–Trinajstić information content (AvgIpc) is 3.04. The summed E-state index contributed by atoms with van der Waals surface area (Å²) in [5, 5.41) is 0.807. The molecule has 0 fully saturated rings. The van der Waals surface area contributed by atoms with E-state index in [1.165, 1.54) is 18.5 Å². The number of carbonyl (C=O) groups is 2. The van der Waals surface area contributed by atoms with Gasteiger partial charge in [0.25, 0.3) is 0 Å². The lowest BCUT2D eigenvalue weighted by Gasteiger charge is -2.10. The molecular formula is C22H13Cl2NO4. The summed E-state index contributed by atoms with van der Waals surface area (Å²) in [6, 6.07) is 11.3. The Morgan fingerprint density at radius 2 is 1.76 bits per heavy atom. The second-order valence-electron chi connectivity index (χ2n) is 6.27. The standard InChI is InChI=1S/C22H13Cl2NO4/c1-12-18(29-22(27)13-7-9-25-10-8-13)6-5-14-20(26)19(28-21(12)14)11-15-16(23)3-2-4-17(15)24/h2-11H,1H3/b19-11-. The minimum atomic E-state index is -0.529. The summed E-state index contributed by atoms with van der Waals surface area (Å²) in [5.74, 6) is -0.0972. The van der Waals surface area contributed by atoms with Crippen molar-refractivity contribution in [3.05, 3.63) is 92.9 Å². The van der Waals surface area contributed by atoms with Crippen LogP contribution in [0.15, 0.2) is 60.6 Å². The van der Waals surface area contributed by atoms with Crippen LogP contribution in [0.25, 0.3) is 6.08 Å². The molecule has 1 aliphatic rings. The lowest BCUT2D eigenvalue weighted by atomic mass is 10.1. The van der Waals surface area contributed by atoms with Crippen molar-refractivity contribution in [2.75, 3.05) is 0 Å². The first kappa shape index (κ1) is 19.2. The third-order valence-electron chi connectivity index (χ3n) is 4.43. The first-order chi connectivity index (χ1) is 14.0. The van der Waals surface area contributed by atoms with Crippen LogP contribution in [-0.2, 0) is 0 Å². The van der Waals surface area contributed by atoms with Gasteiger partial charge in [-0.2, -0.15) is 0 Å². The predicted octanol–water partition coefficient (Wildman–Crippen LogP) is 5.53. The molecule has 0 amide bonds. The van der Waals surface area contributed by atoms with E-state index in [4.69, 9.17) is 32.7 Å². The monoisotopic (exact) mass is 425 g/mol. The largest absolute Gasteiger partial charge is 0.452 e. The van der Waals surface area contributed by atoms with Crippen molar-refractivity contribution in [3.8, 4) is 11.5 Å². The van der Waals surface area contributed by atoms with Crippen molar-refractivity contribution in [1.29, 1.82) is 0 Å². The molecular weight excluding hydrogens is 413 g/mol. The van der Waals surface area contributed by atoms with Crippen molar-refractivity contribution in [3.63, 3.8) is 0 Å². The molecule has 0 unspecified atom stereocenters.